The van der Waals surface area contributed by atoms with Crippen LogP contribution in [0.5, 0.6) is 0 Å². The second-order valence-corrected chi connectivity index (χ2v) is 5.38. The summed E-state index contributed by atoms with van der Waals surface area (Å²) >= 11 is 7.73. The molecule has 0 saturated carbocycles. The van der Waals surface area contributed by atoms with Crippen molar-refractivity contribution in [3.63, 3.8) is 0 Å². The monoisotopic (exact) mass is 274 g/mol. The minimum absolute atomic E-state index is 0.705. The largest absolute Gasteiger partial charge is 0.357 e. The van der Waals surface area contributed by atoms with E-state index in [2.05, 4.69) is 22.4 Å². The molecule has 0 bridgehead atoms. The van der Waals surface area contributed by atoms with Crippen LogP contribution in [-0.4, -0.2) is 4.98 Å². The van der Waals surface area contributed by atoms with Crippen molar-refractivity contribution >= 4 is 38.3 Å². The predicted octanol–water partition coefficient (Wildman–Crippen LogP) is 4.56. The molecule has 0 radical (unpaired) electrons. The van der Waals surface area contributed by atoms with E-state index < -0.39 is 0 Å². The lowest BCUT2D eigenvalue weighted by Crippen LogP contribution is -1.97. The molecular weight excluding hydrogens is 264 g/mol. The molecule has 90 valence electrons. The van der Waals surface area contributed by atoms with Crippen molar-refractivity contribution in [1.29, 1.82) is 0 Å². The standard InChI is InChI=1S/C14H11ClN2S/c15-11-7-4-8-12-13(11)17-14(18-12)16-9-10-5-2-1-3-6-10/h1-8H,9H2,(H,16,17). The molecule has 3 aromatic rings. The van der Waals surface area contributed by atoms with E-state index in [1.54, 1.807) is 11.3 Å². The Morgan fingerprint density at radius 3 is 2.67 bits per heavy atom. The predicted molar refractivity (Wildman–Crippen MR) is 78.4 cm³/mol. The Morgan fingerprint density at radius 1 is 1.06 bits per heavy atom. The van der Waals surface area contributed by atoms with Crippen molar-refractivity contribution in [2.75, 3.05) is 5.32 Å². The molecule has 0 spiro atoms. The number of rotatable bonds is 3. The van der Waals surface area contributed by atoms with Crippen molar-refractivity contribution in [2.24, 2.45) is 0 Å². The zero-order chi connectivity index (χ0) is 12.4. The number of aromatic nitrogens is 1. The summed E-state index contributed by atoms with van der Waals surface area (Å²) in [5.41, 5.74) is 2.11. The van der Waals surface area contributed by atoms with E-state index in [4.69, 9.17) is 11.6 Å². The topological polar surface area (TPSA) is 24.9 Å². The van der Waals surface area contributed by atoms with Gasteiger partial charge in [-0.05, 0) is 17.7 Å². The molecule has 0 unspecified atom stereocenters. The maximum Gasteiger partial charge on any atom is 0.184 e. The van der Waals surface area contributed by atoms with Crippen molar-refractivity contribution in [3.8, 4) is 0 Å². The Hall–Kier alpha value is -1.58. The Labute approximate surface area is 114 Å². The van der Waals surface area contributed by atoms with Gasteiger partial charge in [0.15, 0.2) is 5.13 Å². The minimum Gasteiger partial charge on any atom is -0.357 e. The molecule has 0 aliphatic rings. The van der Waals surface area contributed by atoms with Crippen molar-refractivity contribution in [1.82, 2.24) is 4.98 Å². The average Bonchev–Trinajstić information content (AvgIpc) is 2.82. The highest BCUT2D eigenvalue weighted by molar-refractivity contribution is 7.22. The number of hydrogen-bond donors (Lipinski definition) is 1. The summed E-state index contributed by atoms with van der Waals surface area (Å²) in [5, 5.41) is 4.94. The normalized spacial score (nSPS) is 10.7. The molecule has 3 rings (SSSR count). The number of hydrogen-bond acceptors (Lipinski definition) is 3. The molecule has 0 saturated heterocycles. The highest BCUT2D eigenvalue weighted by atomic mass is 35.5. The SMILES string of the molecule is Clc1cccc2sc(NCc3ccccc3)nc12. The van der Waals surface area contributed by atoms with Gasteiger partial charge in [0.1, 0.15) is 5.52 Å². The van der Waals surface area contributed by atoms with Crippen LogP contribution in [0.3, 0.4) is 0 Å². The van der Waals surface area contributed by atoms with E-state index in [1.807, 2.05) is 36.4 Å². The third-order valence-electron chi connectivity index (χ3n) is 2.66. The first-order valence-electron chi connectivity index (χ1n) is 5.66. The van der Waals surface area contributed by atoms with E-state index in [9.17, 15) is 0 Å². The zero-order valence-electron chi connectivity index (χ0n) is 9.56. The summed E-state index contributed by atoms with van der Waals surface area (Å²) in [6.45, 7) is 0.776. The van der Waals surface area contributed by atoms with Crippen molar-refractivity contribution in [3.05, 3.63) is 59.1 Å². The van der Waals surface area contributed by atoms with Crippen LogP contribution >= 0.6 is 22.9 Å². The van der Waals surface area contributed by atoms with Crippen LogP contribution in [0.25, 0.3) is 10.2 Å². The first-order valence-corrected chi connectivity index (χ1v) is 6.85. The quantitative estimate of drug-likeness (QED) is 0.757. The van der Waals surface area contributed by atoms with E-state index in [0.29, 0.717) is 5.02 Å². The molecule has 1 aromatic heterocycles. The maximum absolute atomic E-state index is 6.10. The Morgan fingerprint density at radius 2 is 1.89 bits per heavy atom. The zero-order valence-corrected chi connectivity index (χ0v) is 11.1. The lowest BCUT2D eigenvalue weighted by atomic mass is 10.2. The third-order valence-corrected chi connectivity index (χ3v) is 3.94. The van der Waals surface area contributed by atoms with E-state index in [1.165, 1.54) is 5.56 Å². The van der Waals surface area contributed by atoms with Gasteiger partial charge in [0.2, 0.25) is 0 Å². The van der Waals surface area contributed by atoms with Crippen LogP contribution in [0, 0.1) is 0 Å². The molecule has 0 atom stereocenters. The summed E-state index contributed by atoms with van der Waals surface area (Å²) in [5.74, 6) is 0. The van der Waals surface area contributed by atoms with Gasteiger partial charge < -0.3 is 5.32 Å². The van der Waals surface area contributed by atoms with Gasteiger partial charge in [-0.2, -0.15) is 0 Å². The molecule has 2 aromatic carbocycles. The molecule has 1 heterocycles. The van der Waals surface area contributed by atoms with Crippen LogP contribution in [0.1, 0.15) is 5.56 Å². The summed E-state index contributed by atoms with van der Waals surface area (Å²) < 4.78 is 1.11. The van der Waals surface area contributed by atoms with Crippen LogP contribution in [0.2, 0.25) is 5.02 Å². The van der Waals surface area contributed by atoms with Gasteiger partial charge in [-0.25, -0.2) is 4.98 Å². The minimum atomic E-state index is 0.705. The fraction of sp³-hybridized carbons (Fsp3) is 0.0714. The summed E-state index contributed by atoms with van der Waals surface area (Å²) in [6, 6.07) is 16.1. The number of thiazole rings is 1. The molecule has 18 heavy (non-hydrogen) atoms. The van der Waals surface area contributed by atoms with E-state index in [-0.39, 0.29) is 0 Å². The molecule has 0 fully saturated rings. The first-order chi connectivity index (χ1) is 8.83. The fourth-order valence-electron chi connectivity index (χ4n) is 1.76. The number of fused-ring (bicyclic) bond motifs is 1. The Bertz CT molecular complexity index is 664. The van der Waals surface area contributed by atoms with Gasteiger partial charge in [-0.1, -0.05) is 59.3 Å². The number of nitrogens with zero attached hydrogens (tertiary/aromatic N) is 1. The number of nitrogens with one attached hydrogen (secondary N) is 1. The summed E-state index contributed by atoms with van der Waals surface area (Å²) in [6.07, 6.45) is 0. The molecule has 4 heteroatoms. The van der Waals surface area contributed by atoms with Crippen LogP contribution < -0.4 is 5.32 Å². The summed E-state index contributed by atoms with van der Waals surface area (Å²) in [4.78, 5) is 4.50. The smallest absolute Gasteiger partial charge is 0.184 e. The molecule has 1 N–H and O–H groups in total. The Balaban J connectivity index is 1.81. The van der Waals surface area contributed by atoms with Crippen molar-refractivity contribution in [2.45, 2.75) is 6.54 Å². The van der Waals surface area contributed by atoms with Gasteiger partial charge in [0.25, 0.3) is 0 Å². The first kappa shape index (κ1) is 11.5. The second-order valence-electron chi connectivity index (χ2n) is 3.94. The van der Waals surface area contributed by atoms with Gasteiger partial charge in [0.05, 0.1) is 9.72 Å². The highest BCUT2D eigenvalue weighted by Gasteiger charge is 2.06. The maximum atomic E-state index is 6.10. The van der Waals surface area contributed by atoms with Crippen LogP contribution in [0.15, 0.2) is 48.5 Å². The molecule has 0 aliphatic heterocycles. The number of benzene rings is 2. The number of halogens is 1. The van der Waals surface area contributed by atoms with Gasteiger partial charge in [-0.15, -0.1) is 0 Å². The lowest BCUT2D eigenvalue weighted by Gasteiger charge is -2.01. The average molecular weight is 275 g/mol. The lowest BCUT2D eigenvalue weighted by molar-refractivity contribution is 1.14. The fourth-order valence-corrected chi connectivity index (χ4v) is 2.93. The summed E-state index contributed by atoms with van der Waals surface area (Å²) in [7, 11) is 0. The molecule has 2 nitrogen and oxygen atoms in total. The van der Waals surface area contributed by atoms with Crippen LogP contribution in [0.4, 0.5) is 5.13 Å². The van der Waals surface area contributed by atoms with E-state index in [0.717, 1.165) is 21.9 Å². The molecule has 0 amide bonds. The van der Waals surface area contributed by atoms with Gasteiger partial charge in [-0.3, -0.25) is 0 Å². The van der Waals surface area contributed by atoms with Gasteiger partial charge in [0, 0.05) is 6.54 Å². The van der Waals surface area contributed by atoms with Gasteiger partial charge >= 0.3 is 0 Å². The number of anilines is 1. The van der Waals surface area contributed by atoms with Crippen LogP contribution in [-0.2, 0) is 6.54 Å². The van der Waals surface area contributed by atoms with Crippen molar-refractivity contribution < 1.29 is 0 Å². The molecular formula is C14H11ClN2S. The highest BCUT2D eigenvalue weighted by Crippen LogP contribution is 2.30. The Kier molecular flexibility index (Phi) is 3.17. The number of para-hydroxylation sites is 1. The third kappa shape index (κ3) is 2.33. The second kappa shape index (κ2) is 4.96. The van der Waals surface area contributed by atoms with E-state index >= 15 is 0 Å². The molecule has 0 aliphatic carbocycles.